The Balaban J connectivity index is 1.42. The van der Waals surface area contributed by atoms with E-state index in [0.717, 1.165) is 22.7 Å². The van der Waals surface area contributed by atoms with Crippen LogP contribution in [0.5, 0.6) is 11.5 Å². The maximum Gasteiger partial charge on any atom is 0.257 e. The highest BCUT2D eigenvalue weighted by Crippen LogP contribution is 2.46. The molecular formula is C24H23ClN2O3. The quantitative estimate of drug-likeness (QED) is 0.585. The maximum absolute atomic E-state index is 13.2. The molecule has 2 aromatic carbocycles. The van der Waals surface area contributed by atoms with Gasteiger partial charge in [-0.3, -0.25) is 4.79 Å². The lowest BCUT2D eigenvalue weighted by atomic mass is 9.86. The molecule has 2 aliphatic rings. The summed E-state index contributed by atoms with van der Waals surface area (Å²) in [6.45, 7) is 3.20. The number of aromatic nitrogens is 1. The number of aryl methyl sites for hydroxylation is 1. The molecule has 0 aliphatic carbocycles. The highest BCUT2D eigenvalue weighted by atomic mass is 35.5. The molecule has 1 spiro atoms. The van der Waals surface area contributed by atoms with Crippen molar-refractivity contribution in [2.24, 2.45) is 0 Å². The van der Waals surface area contributed by atoms with Crippen molar-refractivity contribution in [3.63, 3.8) is 0 Å². The second-order valence-corrected chi connectivity index (χ2v) is 8.40. The van der Waals surface area contributed by atoms with E-state index in [-0.39, 0.29) is 5.91 Å². The van der Waals surface area contributed by atoms with E-state index in [1.165, 1.54) is 0 Å². The van der Waals surface area contributed by atoms with Crippen LogP contribution >= 0.6 is 11.6 Å². The third-order valence-electron chi connectivity index (χ3n) is 6.15. The average Bonchev–Trinajstić information content (AvgIpc) is 3.25. The van der Waals surface area contributed by atoms with Crippen LogP contribution in [0.3, 0.4) is 0 Å². The number of amides is 1. The topological polar surface area (TPSA) is 43.7 Å². The summed E-state index contributed by atoms with van der Waals surface area (Å²) in [6, 6.07) is 15.6. The van der Waals surface area contributed by atoms with Gasteiger partial charge in [0, 0.05) is 43.2 Å². The Kier molecular flexibility index (Phi) is 4.51. The molecule has 0 N–H and O–H groups in total. The second-order valence-electron chi connectivity index (χ2n) is 7.97. The molecule has 2 aliphatic heterocycles. The monoisotopic (exact) mass is 422 g/mol. The largest absolute Gasteiger partial charge is 0.496 e. The molecule has 3 heterocycles. The number of ether oxygens (including phenoxy) is 2. The van der Waals surface area contributed by atoms with Crippen molar-refractivity contribution in [1.29, 1.82) is 0 Å². The molecule has 6 heteroatoms. The van der Waals surface area contributed by atoms with Gasteiger partial charge in [-0.05, 0) is 48.9 Å². The molecule has 0 saturated carbocycles. The summed E-state index contributed by atoms with van der Waals surface area (Å²) in [6.07, 6.45) is 3.48. The van der Waals surface area contributed by atoms with Gasteiger partial charge in [0.15, 0.2) is 5.60 Å². The van der Waals surface area contributed by atoms with Gasteiger partial charge in [-0.2, -0.15) is 0 Å². The number of benzene rings is 2. The van der Waals surface area contributed by atoms with Gasteiger partial charge in [-0.25, -0.2) is 0 Å². The van der Waals surface area contributed by atoms with Gasteiger partial charge in [-0.1, -0.05) is 17.7 Å². The first-order valence-electron chi connectivity index (χ1n) is 10.1. The number of methoxy groups -OCH3 is 1. The number of fused-ring (bicyclic) bond motifs is 4. The minimum absolute atomic E-state index is 0.00339. The van der Waals surface area contributed by atoms with Crippen LogP contribution in [0.25, 0.3) is 5.69 Å². The first-order chi connectivity index (χ1) is 14.5. The number of likely N-dealkylation sites (tertiary alicyclic amines) is 1. The van der Waals surface area contributed by atoms with Gasteiger partial charge in [0.25, 0.3) is 5.91 Å². The number of carbonyl (C=O) groups is 1. The highest BCUT2D eigenvalue weighted by molar-refractivity contribution is 6.30. The van der Waals surface area contributed by atoms with Gasteiger partial charge < -0.3 is 18.9 Å². The number of rotatable bonds is 2. The van der Waals surface area contributed by atoms with Crippen molar-refractivity contribution < 1.29 is 14.3 Å². The minimum Gasteiger partial charge on any atom is -0.496 e. The Bertz CT molecular complexity index is 1130. The van der Waals surface area contributed by atoms with E-state index >= 15 is 0 Å². The van der Waals surface area contributed by atoms with Crippen LogP contribution in [-0.4, -0.2) is 35.6 Å². The van der Waals surface area contributed by atoms with Crippen molar-refractivity contribution in [2.75, 3.05) is 20.2 Å². The van der Waals surface area contributed by atoms with Crippen LogP contribution in [0.4, 0.5) is 0 Å². The molecule has 1 fully saturated rings. The number of halogens is 1. The van der Waals surface area contributed by atoms with Crippen molar-refractivity contribution in [1.82, 2.24) is 9.47 Å². The van der Waals surface area contributed by atoms with E-state index in [4.69, 9.17) is 21.1 Å². The SMILES string of the molecule is COc1cc(C)ccc1C(=O)N1CCC2(CC1)Oc1cc(Cl)ccc1-n1cccc12. The zero-order valence-electron chi connectivity index (χ0n) is 17.0. The van der Waals surface area contributed by atoms with E-state index in [0.29, 0.717) is 42.3 Å². The smallest absolute Gasteiger partial charge is 0.257 e. The molecule has 5 rings (SSSR count). The standard InChI is InChI=1S/C24H23ClN2O3/c1-16-5-7-18(20(14-16)29-2)23(28)26-12-9-24(10-13-26)22-4-3-11-27(22)19-8-6-17(25)15-21(19)30-24/h3-8,11,14-15H,9-10,12-13H2,1-2H3. The highest BCUT2D eigenvalue weighted by Gasteiger charge is 2.44. The van der Waals surface area contributed by atoms with Gasteiger partial charge in [-0.15, -0.1) is 0 Å². The Morgan fingerprint density at radius 2 is 1.93 bits per heavy atom. The van der Waals surface area contributed by atoms with Crippen LogP contribution in [-0.2, 0) is 5.60 Å². The number of nitrogens with zero attached hydrogens (tertiary/aromatic N) is 2. The fourth-order valence-electron chi connectivity index (χ4n) is 4.57. The Labute approximate surface area is 180 Å². The van der Waals surface area contributed by atoms with Gasteiger partial charge >= 0.3 is 0 Å². The van der Waals surface area contributed by atoms with Gasteiger partial charge in [0.2, 0.25) is 0 Å². The van der Waals surface area contributed by atoms with E-state index in [2.05, 4.69) is 16.8 Å². The summed E-state index contributed by atoms with van der Waals surface area (Å²) in [4.78, 5) is 15.1. The summed E-state index contributed by atoms with van der Waals surface area (Å²) in [5.41, 5.74) is 3.32. The van der Waals surface area contributed by atoms with Gasteiger partial charge in [0.1, 0.15) is 11.5 Å². The molecule has 3 aromatic rings. The first-order valence-corrected chi connectivity index (χ1v) is 10.5. The summed E-state index contributed by atoms with van der Waals surface area (Å²) >= 11 is 6.22. The van der Waals surface area contributed by atoms with E-state index in [9.17, 15) is 4.79 Å². The van der Waals surface area contributed by atoms with Crippen LogP contribution in [0, 0.1) is 6.92 Å². The summed E-state index contributed by atoms with van der Waals surface area (Å²) in [5.74, 6) is 1.40. The molecular weight excluding hydrogens is 400 g/mol. The second kappa shape index (κ2) is 7.10. The van der Waals surface area contributed by atoms with Crippen molar-refractivity contribution >= 4 is 17.5 Å². The average molecular weight is 423 g/mol. The van der Waals surface area contributed by atoms with E-state index < -0.39 is 5.60 Å². The molecule has 1 aromatic heterocycles. The van der Waals surface area contributed by atoms with Crippen LogP contribution in [0.1, 0.15) is 34.5 Å². The zero-order valence-corrected chi connectivity index (χ0v) is 17.8. The van der Waals surface area contributed by atoms with Gasteiger partial charge in [0.05, 0.1) is 24.1 Å². The molecule has 5 nitrogen and oxygen atoms in total. The summed E-state index contributed by atoms with van der Waals surface area (Å²) < 4.78 is 14.2. The lowest BCUT2D eigenvalue weighted by Gasteiger charge is -2.45. The van der Waals surface area contributed by atoms with Crippen LogP contribution < -0.4 is 9.47 Å². The molecule has 154 valence electrons. The normalized spacial score (nSPS) is 16.6. The molecule has 0 bridgehead atoms. The molecule has 0 unspecified atom stereocenters. The number of hydrogen-bond acceptors (Lipinski definition) is 3. The molecule has 30 heavy (non-hydrogen) atoms. The lowest BCUT2D eigenvalue weighted by Crippen LogP contribution is -2.50. The van der Waals surface area contributed by atoms with Crippen molar-refractivity contribution in [3.8, 4) is 17.2 Å². The van der Waals surface area contributed by atoms with E-state index in [1.54, 1.807) is 7.11 Å². The minimum atomic E-state index is -0.463. The lowest BCUT2D eigenvalue weighted by molar-refractivity contribution is -0.00936. The summed E-state index contributed by atoms with van der Waals surface area (Å²) in [7, 11) is 1.60. The Morgan fingerprint density at radius 1 is 1.13 bits per heavy atom. The predicted molar refractivity (Wildman–Crippen MR) is 116 cm³/mol. The molecule has 1 saturated heterocycles. The van der Waals surface area contributed by atoms with Crippen LogP contribution in [0.15, 0.2) is 54.7 Å². The van der Waals surface area contributed by atoms with E-state index in [1.807, 2.05) is 54.3 Å². The Morgan fingerprint density at radius 3 is 2.70 bits per heavy atom. The molecule has 0 atom stereocenters. The van der Waals surface area contributed by atoms with Crippen LogP contribution in [0.2, 0.25) is 5.02 Å². The fourth-order valence-corrected chi connectivity index (χ4v) is 4.73. The number of piperidine rings is 1. The molecule has 1 amide bonds. The fraction of sp³-hybridized carbons (Fsp3) is 0.292. The summed E-state index contributed by atoms with van der Waals surface area (Å²) in [5, 5.41) is 0.651. The maximum atomic E-state index is 13.2. The van der Waals surface area contributed by atoms with Crippen molar-refractivity contribution in [3.05, 3.63) is 76.6 Å². The number of carbonyl (C=O) groups excluding carboxylic acids is 1. The molecule has 0 radical (unpaired) electrons. The third-order valence-corrected chi connectivity index (χ3v) is 6.38. The number of hydrogen-bond donors (Lipinski definition) is 0. The Hall–Kier alpha value is -2.92. The van der Waals surface area contributed by atoms with Crippen molar-refractivity contribution in [2.45, 2.75) is 25.4 Å². The predicted octanol–water partition coefficient (Wildman–Crippen LogP) is 4.97. The third kappa shape index (κ3) is 2.96. The first kappa shape index (κ1) is 19.1. The zero-order chi connectivity index (χ0) is 20.9.